The van der Waals surface area contributed by atoms with E-state index in [1.807, 2.05) is 24.3 Å². The summed E-state index contributed by atoms with van der Waals surface area (Å²) in [7, 11) is 0. The molecule has 5 nitrogen and oxygen atoms in total. The first-order valence-corrected chi connectivity index (χ1v) is 9.41. The molecule has 3 rings (SSSR count). The van der Waals surface area contributed by atoms with Gasteiger partial charge in [0.25, 0.3) is 0 Å². The van der Waals surface area contributed by atoms with E-state index in [1.54, 1.807) is 6.07 Å². The third kappa shape index (κ3) is 2.84. The van der Waals surface area contributed by atoms with Crippen LogP contribution in [0.3, 0.4) is 0 Å². The van der Waals surface area contributed by atoms with Gasteiger partial charge in [0.15, 0.2) is 0 Å². The molecule has 3 aromatic rings. The van der Waals surface area contributed by atoms with E-state index in [0.717, 1.165) is 28.6 Å². The van der Waals surface area contributed by atoms with Crippen molar-refractivity contribution < 1.29 is 4.42 Å². The molecule has 0 radical (unpaired) electrons. The van der Waals surface area contributed by atoms with E-state index in [4.69, 9.17) is 15.4 Å². The average molecular weight is 386 g/mol. The Labute approximate surface area is 145 Å². The van der Waals surface area contributed by atoms with Gasteiger partial charge in [0, 0.05) is 0 Å². The Balaban J connectivity index is 2.12. The van der Waals surface area contributed by atoms with Crippen LogP contribution in [0, 0.1) is 11.3 Å². The molecule has 1 aromatic carbocycles. The molecule has 2 aromatic heterocycles. The quantitative estimate of drug-likeness (QED) is 0.551. The molecule has 0 fully saturated rings. The summed E-state index contributed by atoms with van der Waals surface area (Å²) < 4.78 is 6.88. The van der Waals surface area contributed by atoms with Crippen LogP contribution >= 0.6 is 0 Å². The molecule has 0 aliphatic heterocycles. The fourth-order valence-corrected chi connectivity index (χ4v) is 4.53. The molecule has 0 atom stereocenters. The van der Waals surface area contributed by atoms with Crippen LogP contribution in [0.1, 0.15) is 19.4 Å². The Morgan fingerprint density at radius 1 is 1.25 bits per heavy atom. The molecule has 0 unspecified atom stereocenters. The molecule has 0 amide bonds. The zero-order chi connectivity index (χ0) is 17.3. The second-order valence-electron chi connectivity index (χ2n) is 5.34. The number of fused-ring (bicyclic) bond motifs is 1. The molecule has 2 heterocycles. The first-order chi connectivity index (χ1) is 11.6. The van der Waals surface area contributed by atoms with Crippen LogP contribution in [-0.4, -0.2) is 27.6 Å². The predicted octanol–water partition coefficient (Wildman–Crippen LogP) is 2.82. The van der Waals surface area contributed by atoms with E-state index in [1.165, 1.54) is 0 Å². The summed E-state index contributed by atoms with van der Waals surface area (Å²) in [4.78, 5) is 14.6. The molecule has 0 saturated carbocycles. The summed E-state index contributed by atoms with van der Waals surface area (Å²) in [5.74, 6) is 0. The maximum atomic E-state index is 12.4. The van der Waals surface area contributed by atoms with Gasteiger partial charge in [-0.2, -0.15) is 0 Å². The van der Waals surface area contributed by atoms with Crippen molar-refractivity contribution in [2.75, 3.05) is 23.7 Å². The van der Waals surface area contributed by atoms with Crippen molar-refractivity contribution in [2.45, 2.75) is 13.8 Å². The molecule has 0 spiro atoms. The van der Waals surface area contributed by atoms with Gasteiger partial charge in [0.05, 0.1) is 0 Å². The first kappa shape index (κ1) is 16.4. The second-order valence-corrected chi connectivity index (χ2v) is 7.62. The van der Waals surface area contributed by atoms with E-state index in [2.05, 4.69) is 24.8 Å². The number of nitriles is 1. The van der Waals surface area contributed by atoms with Crippen LogP contribution in [0.15, 0.2) is 39.5 Å². The van der Waals surface area contributed by atoms with Crippen LogP contribution in [0.5, 0.6) is 0 Å². The number of nitrogen functional groups attached to an aromatic ring is 1. The summed E-state index contributed by atoms with van der Waals surface area (Å²) in [5.41, 5.74) is 8.01. The molecule has 6 heteroatoms. The minimum absolute atomic E-state index is 0.214. The number of anilines is 2. The van der Waals surface area contributed by atoms with Gasteiger partial charge < -0.3 is 0 Å². The van der Waals surface area contributed by atoms with Gasteiger partial charge in [0.1, 0.15) is 0 Å². The van der Waals surface area contributed by atoms with Crippen LogP contribution in [0.2, 0.25) is 0 Å². The van der Waals surface area contributed by atoms with E-state index >= 15 is 0 Å². The zero-order valence-corrected chi connectivity index (χ0v) is 15.2. The summed E-state index contributed by atoms with van der Waals surface area (Å²) >= 11 is -0.214. The molecule has 2 N–H and O–H groups in total. The third-order valence-corrected chi connectivity index (χ3v) is 6.09. The second kappa shape index (κ2) is 6.56. The molecular weight excluding hydrogens is 369 g/mol. The van der Waals surface area contributed by atoms with Crippen molar-refractivity contribution in [3.63, 3.8) is 0 Å². The minimum atomic E-state index is -0.390. The van der Waals surface area contributed by atoms with Gasteiger partial charge in [0.2, 0.25) is 0 Å². The number of nitrogens with two attached hydrogens (primary N) is 1. The Bertz CT molecular complexity index is 994. The monoisotopic (exact) mass is 387 g/mol. The van der Waals surface area contributed by atoms with Gasteiger partial charge in [-0.1, -0.05) is 0 Å². The van der Waals surface area contributed by atoms with E-state index in [-0.39, 0.29) is 20.1 Å². The normalized spacial score (nSPS) is 10.7. The van der Waals surface area contributed by atoms with Crippen LogP contribution in [0.4, 0.5) is 10.2 Å². The fraction of sp³-hybridized carbons (Fsp3) is 0.222. The Hall–Kier alpha value is -2.48. The SMILES string of the molecule is CCN(CC)c1ccc2cc(-c3cc(C#N)c(N)[se]3)c(=O)oc2c1. The fourth-order valence-electron chi connectivity index (χ4n) is 2.68. The predicted molar refractivity (Wildman–Crippen MR) is 97.5 cm³/mol. The van der Waals surface area contributed by atoms with Crippen molar-refractivity contribution in [3.05, 3.63) is 46.3 Å². The average Bonchev–Trinajstić information content (AvgIpc) is 2.96. The van der Waals surface area contributed by atoms with Crippen molar-refractivity contribution in [1.82, 2.24) is 0 Å². The number of hydrogen-bond donors (Lipinski definition) is 1. The van der Waals surface area contributed by atoms with E-state index < -0.39 is 0 Å². The number of hydrogen-bond acceptors (Lipinski definition) is 5. The van der Waals surface area contributed by atoms with Crippen molar-refractivity contribution in [3.8, 4) is 16.1 Å². The van der Waals surface area contributed by atoms with Gasteiger partial charge in [-0.15, -0.1) is 0 Å². The topological polar surface area (TPSA) is 83.3 Å². The first-order valence-electron chi connectivity index (χ1n) is 7.70. The molecule has 24 heavy (non-hydrogen) atoms. The molecule has 122 valence electrons. The summed E-state index contributed by atoms with van der Waals surface area (Å²) in [6, 6.07) is 11.5. The standard InChI is InChI=1S/C18H17N3O2Se/c1-3-21(4-2)13-6-5-11-7-14(18(22)23-15(11)9-13)16-8-12(10-19)17(20)24-16/h5-9H,3-4,20H2,1-2H3. The summed E-state index contributed by atoms with van der Waals surface area (Å²) in [6.45, 7) is 5.96. The molecule has 0 aliphatic rings. The maximum absolute atomic E-state index is 12.4. The van der Waals surface area contributed by atoms with Crippen LogP contribution < -0.4 is 16.3 Å². The molecular formula is C18H17N3O2Se. The van der Waals surface area contributed by atoms with Crippen molar-refractivity contribution in [1.29, 1.82) is 5.26 Å². The van der Waals surface area contributed by atoms with Gasteiger partial charge in [-0.05, 0) is 0 Å². The summed E-state index contributed by atoms with van der Waals surface area (Å²) in [5, 5.41) is 9.90. The summed E-state index contributed by atoms with van der Waals surface area (Å²) in [6.07, 6.45) is 0. The molecule has 0 saturated heterocycles. The number of rotatable bonds is 4. The van der Waals surface area contributed by atoms with E-state index in [9.17, 15) is 4.79 Å². The van der Waals surface area contributed by atoms with Crippen molar-refractivity contribution in [2.24, 2.45) is 0 Å². The zero-order valence-electron chi connectivity index (χ0n) is 13.5. The Morgan fingerprint density at radius 3 is 2.62 bits per heavy atom. The molecule has 0 bridgehead atoms. The van der Waals surface area contributed by atoms with Gasteiger partial charge in [-0.25, -0.2) is 0 Å². The van der Waals surface area contributed by atoms with Gasteiger partial charge in [-0.3, -0.25) is 0 Å². The number of benzene rings is 1. The van der Waals surface area contributed by atoms with Crippen LogP contribution in [0.25, 0.3) is 21.0 Å². The van der Waals surface area contributed by atoms with E-state index in [0.29, 0.717) is 21.3 Å². The molecule has 0 aliphatic carbocycles. The third-order valence-electron chi connectivity index (χ3n) is 3.99. The van der Waals surface area contributed by atoms with Gasteiger partial charge >= 0.3 is 145 Å². The van der Waals surface area contributed by atoms with Crippen LogP contribution in [-0.2, 0) is 0 Å². The Morgan fingerprint density at radius 2 is 2.00 bits per heavy atom. The Kier molecular flexibility index (Phi) is 4.48. The van der Waals surface area contributed by atoms with Crippen molar-refractivity contribution >= 4 is 35.7 Å². The number of nitrogens with zero attached hydrogens (tertiary/aromatic N) is 2.